The largest absolute Gasteiger partial charge is 0.436 e. The van der Waals surface area contributed by atoms with E-state index in [0.717, 1.165) is 40.6 Å². The van der Waals surface area contributed by atoms with Gasteiger partial charge >= 0.3 is 6.18 Å². The highest BCUT2D eigenvalue weighted by Crippen LogP contribution is 2.41. The highest BCUT2D eigenvalue weighted by molar-refractivity contribution is 7.19. The highest BCUT2D eigenvalue weighted by atomic mass is 35.5. The number of fused-ring (bicyclic) bond motifs is 5. The van der Waals surface area contributed by atoms with Gasteiger partial charge in [0.25, 0.3) is 0 Å². The number of aryl methyl sites for hydroxylation is 2. The summed E-state index contributed by atoms with van der Waals surface area (Å²) in [6.07, 6.45) is 1.13. The van der Waals surface area contributed by atoms with E-state index in [0.29, 0.717) is 11.6 Å². The van der Waals surface area contributed by atoms with Gasteiger partial charge in [0.2, 0.25) is 5.82 Å². The molecule has 6 nitrogen and oxygen atoms in total. The molecule has 4 aromatic rings. The Morgan fingerprint density at radius 3 is 2.79 bits per heavy atom. The van der Waals surface area contributed by atoms with E-state index in [2.05, 4.69) is 27.1 Å². The molecule has 1 aliphatic carbocycles. The second-order valence-corrected chi connectivity index (χ2v) is 8.74. The quantitative estimate of drug-likeness (QED) is 0.443. The molecule has 0 saturated carbocycles. The first-order valence-electron chi connectivity index (χ1n) is 9.23. The summed E-state index contributed by atoms with van der Waals surface area (Å²) < 4.78 is 42.1. The zero-order valence-corrected chi connectivity index (χ0v) is 17.2. The van der Waals surface area contributed by atoms with E-state index in [1.54, 1.807) is 17.7 Å². The first-order valence-corrected chi connectivity index (χ1v) is 10.4. The summed E-state index contributed by atoms with van der Waals surface area (Å²) in [5.74, 6) is 0.769. The lowest BCUT2D eigenvalue weighted by molar-refractivity contribution is -0.141. The number of nitrogens with zero attached hydrogens (tertiary/aromatic N) is 6. The molecule has 0 radical (unpaired) electrons. The molecule has 0 fully saturated rings. The first kappa shape index (κ1) is 18.8. The summed E-state index contributed by atoms with van der Waals surface area (Å²) in [7, 11) is 1.40. The Labute approximate surface area is 172 Å². The Bertz CT molecular complexity index is 1250. The molecule has 0 unspecified atom stereocenters. The lowest BCUT2D eigenvalue weighted by Crippen LogP contribution is -2.11. The van der Waals surface area contributed by atoms with Crippen LogP contribution in [0.4, 0.5) is 13.2 Å². The number of aromatic nitrogens is 6. The van der Waals surface area contributed by atoms with E-state index in [4.69, 9.17) is 11.6 Å². The third kappa shape index (κ3) is 2.83. The normalized spacial score (nSPS) is 17.4. The van der Waals surface area contributed by atoms with Crippen molar-refractivity contribution in [1.29, 1.82) is 0 Å². The maximum Gasteiger partial charge on any atom is 0.436 e. The van der Waals surface area contributed by atoms with Gasteiger partial charge in [-0.25, -0.2) is 14.5 Å². The Kier molecular flexibility index (Phi) is 4.15. The number of halogens is 4. The SMILES string of the molecule is CC[C@@H]1CCc2c(sc3ncn4nc(-c5c(Cl)c(C(F)(F)F)nn5C)nc4c23)C1. The average Bonchev–Trinajstić information content (AvgIpc) is 3.32. The van der Waals surface area contributed by atoms with Gasteiger partial charge in [-0.05, 0) is 30.7 Å². The Morgan fingerprint density at radius 2 is 2.10 bits per heavy atom. The van der Waals surface area contributed by atoms with E-state index in [1.807, 2.05) is 0 Å². The van der Waals surface area contributed by atoms with Crippen LogP contribution in [0.25, 0.3) is 27.4 Å². The number of alkyl halides is 3. The topological polar surface area (TPSA) is 60.9 Å². The van der Waals surface area contributed by atoms with E-state index in [1.165, 1.54) is 22.0 Å². The maximum atomic E-state index is 13.2. The summed E-state index contributed by atoms with van der Waals surface area (Å²) >= 11 is 7.68. The third-order valence-corrected chi connectivity index (χ3v) is 7.06. The van der Waals surface area contributed by atoms with Crippen LogP contribution in [0.5, 0.6) is 0 Å². The van der Waals surface area contributed by atoms with Crippen molar-refractivity contribution < 1.29 is 13.2 Å². The first-order chi connectivity index (χ1) is 13.8. The average molecular weight is 441 g/mol. The monoisotopic (exact) mass is 440 g/mol. The molecule has 0 aliphatic heterocycles. The third-order valence-electron chi connectivity index (χ3n) is 5.54. The molecule has 11 heteroatoms. The fraction of sp³-hybridized carbons (Fsp3) is 0.444. The van der Waals surface area contributed by atoms with Crippen LogP contribution in [-0.4, -0.2) is 29.4 Å². The molecule has 1 atom stereocenters. The smallest absolute Gasteiger partial charge is 0.262 e. The standard InChI is InChI=1S/C18H16ClF3N6S/c1-3-8-4-5-9-10(6-8)29-17-11(9)16-24-15(26-28(16)7-23-17)13-12(19)14(18(20,21)22)25-27(13)2/h7-8H,3-6H2,1-2H3/t8-/m1/s1. The number of thiophene rings is 1. The Hall–Kier alpha value is -2.20. The highest BCUT2D eigenvalue weighted by Gasteiger charge is 2.39. The molecule has 0 amide bonds. The van der Waals surface area contributed by atoms with Gasteiger partial charge in [-0.2, -0.15) is 18.3 Å². The van der Waals surface area contributed by atoms with Crippen molar-refractivity contribution >= 4 is 38.8 Å². The number of hydrogen-bond acceptors (Lipinski definition) is 5. The van der Waals surface area contributed by atoms with Gasteiger partial charge < -0.3 is 0 Å². The molecular weight excluding hydrogens is 425 g/mol. The number of hydrogen-bond donors (Lipinski definition) is 0. The van der Waals surface area contributed by atoms with E-state index in [9.17, 15) is 13.2 Å². The molecule has 152 valence electrons. The van der Waals surface area contributed by atoms with Gasteiger partial charge in [0.05, 0.1) is 5.39 Å². The van der Waals surface area contributed by atoms with Crippen LogP contribution in [0.2, 0.25) is 5.02 Å². The second kappa shape index (κ2) is 6.40. The van der Waals surface area contributed by atoms with Crippen LogP contribution in [0.15, 0.2) is 6.33 Å². The Morgan fingerprint density at radius 1 is 1.31 bits per heavy atom. The van der Waals surface area contributed by atoms with Gasteiger partial charge in [-0.15, -0.1) is 16.4 Å². The van der Waals surface area contributed by atoms with Crippen molar-refractivity contribution in [2.24, 2.45) is 13.0 Å². The summed E-state index contributed by atoms with van der Waals surface area (Å²) in [6, 6.07) is 0. The summed E-state index contributed by atoms with van der Waals surface area (Å²) in [5.41, 5.74) is 0.713. The van der Waals surface area contributed by atoms with Crippen LogP contribution < -0.4 is 0 Å². The Balaban J connectivity index is 1.70. The lowest BCUT2D eigenvalue weighted by Gasteiger charge is -2.20. The van der Waals surface area contributed by atoms with Crippen molar-refractivity contribution in [3.63, 3.8) is 0 Å². The molecule has 0 N–H and O–H groups in total. The molecular formula is C18H16ClF3N6S. The predicted octanol–water partition coefficient (Wildman–Crippen LogP) is 4.93. The summed E-state index contributed by atoms with van der Waals surface area (Å²) in [6.45, 7) is 2.21. The van der Waals surface area contributed by atoms with E-state index in [-0.39, 0.29) is 11.5 Å². The molecule has 0 bridgehead atoms. The molecule has 0 saturated heterocycles. The van der Waals surface area contributed by atoms with Crippen LogP contribution in [0.3, 0.4) is 0 Å². The van der Waals surface area contributed by atoms with Gasteiger partial charge in [-0.1, -0.05) is 24.9 Å². The minimum absolute atomic E-state index is 0.0333. The van der Waals surface area contributed by atoms with Gasteiger partial charge in [0.15, 0.2) is 11.3 Å². The molecule has 4 heterocycles. The maximum absolute atomic E-state index is 13.2. The zero-order valence-electron chi connectivity index (χ0n) is 15.6. The minimum Gasteiger partial charge on any atom is -0.262 e. The fourth-order valence-corrected chi connectivity index (χ4v) is 5.66. The summed E-state index contributed by atoms with van der Waals surface area (Å²) in [4.78, 5) is 11.3. The van der Waals surface area contributed by atoms with Crippen molar-refractivity contribution in [3.05, 3.63) is 27.5 Å². The van der Waals surface area contributed by atoms with Crippen molar-refractivity contribution in [3.8, 4) is 11.5 Å². The van der Waals surface area contributed by atoms with E-state index >= 15 is 0 Å². The molecule has 29 heavy (non-hydrogen) atoms. The molecule has 0 spiro atoms. The second-order valence-electron chi connectivity index (χ2n) is 7.28. The van der Waals surface area contributed by atoms with E-state index < -0.39 is 16.9 Å². The van der Waals surface area contributed by atoms with Gasteiger partial charge in [0.1, 0.15) is 21.9 Å². The zero-order chi connectivity index (χ0) is 20.5. The molecule has 4 aromatic heterocycles. The van der Waals surface area contributed by atoms with Crippen LogP contribution >= 0.6 is 22.9 Å². The van der Waals surface area contributed by atoms with Crippen molar-refractivity contribution in [2.75, 3.05) is 0 Å². The van der Waals surface area contributed by atoms with Crippen LogP contribution in [0, 0.1) is 5.92 Å². The fourth-order valence-electron chi connectivity index (χ4n) is 4.01. The lowest BCUT2D eigenvalue weighted by atomic mass is 9.86. The van der Waals surface area contributed by atoms with Gasteiger partial charge in [-0.3, -0.25) is 4.68 Å². The van der Waals surface area contributed by atoms with Crippen LogP contribution in [-0.2, 0) is 26.1 Å². The van der Waals surface area contributed by atoms with Gasteiger partial charge in [0, 0.05) is 11.9 Å². The molecule has 0 aromatic carbocycles. The molecule has 1 aliphatic rings. The van der Waals surface area contributed by atoms with Crippen molar-refractivity contribution in [2.45, 2.75) is 38.8 Å². The molecule has 5 rings (SSSR count). The predicted molar refractivity (Wildman–Crippen MR) is 104 cm³/mol. The minimum atomic E-state index is -4.65. The van der Waals surface area contributed by atoms with Crippen molar-refractivity contribution in [1.82, 2.24) is 29.4 Å². The summed E-state index contributed by atoms with van der Waals surface area (Å²) in [5, 5.41) is 8.31. The number of rotatable bonds is 2. The van der Waals surface area contributed by atoms with Crippen LogP contribution in [0.1, 0.15) is 35.9 Å².